The van der Waals surface area contributed by atoms with E-state index in [4.69, 9.17) is 0 Å². The number of amides is 2. The SMILES string of the molecule is CCCCCCCCNC(=O)C[C@@H]1S/C(=N/N=C(/C)c2ccc([N+](=O)[O-])cc2)NC1=O. The van der Waals surface area contributed by atoms with Crippen LogP contribution in [0.15, 0.2) is 34.5 Å². The van der Waals surface area contributed by atoms with Crippen molar-refractivity contribution in [2.24, 2.45) is 10.2 Å². The van der Waals surface area contributed by atoms with Crippen molar-refractivity contribution in [3.05, 3.63) is 39.9 Å². The summed E-state index contributed by atoms with van der Waals surface area (Å²) in [4.78, 5) is 34.5. The van der Waals surface area contributed by atoms with Crippen LogP contribution in [0.1, 0.15) is 64.4 Å². The normalized spacial score (nSPS) is 17.6. The van der Waals surface area contributed by atoms with Crippen molar-refractivity contribution in [2.45, 2.75) is 64.0 Å². The molecule has 1 aliphatic heterocycles. The quantitative estimate of drug-likeness (QED) is 0.218. The first-order valence-electron chi connectivity index (χ1n) is 10.5. The van der Waals surface area contributed by atoms with Gasteiger partial charge in [-0.25, -0.2) is 0 Å². The van der Waals surface area contributed by atoms with Gasteiger partial charge in [-0.15, -0.1) is 5.10 Å². The molecule has 1 aromatic rings. The minimum absolute atomic E-state index is 0.000845. The van der Waals surface area contributed by atoms with E-state index in [9.17, 15) is 19.7 Å². The molecule has 0 unspecified atom stereocenters. The summed E-state index contributed by atoms with van der Waals surface area (Å²) in [6.45, 7) is 4.53. The van der Waals surface area contributed by atoms with Gasteiger partial charge in [0.2, 0.25) is 11.8 Å². The van der Waals surface area contributed by atoms with E-state index in [-0.39, 0.29) is 23.9 Å². The molecule has 0 radical (unpaired) electrons. The Kier molecular flexibility index (Phi) is 10.2. The number of thioether (sulfide) groups is 1. The van der Waals surface area contributed by atoms with Gasteiger partial charge in [0, 0.05) is 25.1 Å². The number of benzene rings is 1. The van der Waals surface area contributed by atoms with Crippen molar-refractivity contribution in [3.8, 4) is 0 Å². The molecule has 1 fully saturated rings. The fraction of sp³-hybridized carbons (Fsp3) is 0.524. The number of carbonyl (C=O) groups excluding carboxylic acids is 2. The molecule has 2 rings (SSSR count). The number of nitro benzene ring substituents is 1. The van der Waals surface area contributed by atoms with Crippen LogP contribution in [0, 0.1) is 10.1 Å². The molecule has 0 saturated carbocycles. The fourth-order valence-corrected chi connectivity index (χ4v) is 3.88. The molecule has 168 valence electrons. The number of non-ortho nitro benzene ring substituents is 1. The van der Waals surface area contributed by atoms with Gasteiger partial charge in [-0.1, -0.05) is 50.8 Å². The van der Waals surface area contributed by atoms with E-state index < -0.39 is 10.2 Å². The molecule has 1 atom stereocenters. The highest BCUT2D eigenvalue weighted by molar-refractivity contribution is 8.15. The topological polar surface area (TPSA) is 126 Å². The Morgan fingerprint density at radius 3 is 2.55 bits per heavy atom. The summed E-state index contributed by atoms with van der Waals surface area (Å²) >= 11 is 1.18. The van der Waals surface area contributed by atoms with Crippen LogP contribution >= 0.6 is 11.8 Å². The molecule has 0 spiro atoms. The average molecular weight is 448 g/mol. The number of nitrogens with zero attached hydrogens (tertiary/aromatic N) is 3. The van der Waals surface area contributed by atoms with Gasteiger partial charge in [-0.2, -0.15) is 5.10 Å². The molecule has 1 saturated heterocycles. The van der Waals surface area contributed by atoms with Crippen molar-refractivity contribution in [1.82, 2.24) is 10.6 Å². The highest BCUT2D eigenvalue weighted by atomic mass is 32.2. The first-order valence-corrected chi connectivity index (χ1v) is 11.4. The van der Waals surface area contributed by atoms with Crippen molar-refractivity contribution >= 4 is 40.1 Å². The van der Waals surface area contributed by atoms with Crippen molar-refractivity contribution < 1.29 is 14.5 Å². The third-order valence-electron chi connectivity index (χ3n) is 4.79. The van der Waals surface area contributed by atoms with Crippen molar-refractivity contribution in [1.29, 1.82) is 0 Å². The van der Waals surface area contributed by atoms with Gasteiger partial charge in [-0.3, -0.25) is 19.7 Å². The molecular formula is C21H29N5O4S. The van der Waals surface area contributed by atoms with Crippen molar-refractivity contribution in [2.75, 3.05) is 6.54 Å². The molecule has 1 aromatic carbocycles. The van der Waals surface area contributed by atoms with Gasteiger partial charge in [0.15, 0.2) is 5.17 Å². The molecule has 1 aliphatic rings. The highest BCUT2D eigenvalue weighted by Gasteiger charge is 2.32. The molecule has 2 amide bonds. The Bertz CT molecular complexity index is 839. The zero-order valence-corrected chi connectivity index (χ0v) is 18.7. The van der Waals surface area contributed by atoms with Gasteiger partial charge >= 0.3 is 0 Å². The van der Waals surface area contributed by atoms with E-state index >= 15 is 0 Å². The highest BCUT2D eigenvalue weighted by Crippen LogP contribution is 2.22. The van der Waals surface area contributed by atoms with Crippen LogP contribution in [0.3, 0.4) is 0 Å². The lowest BCUT2D eigenvalue weighted by molar-refractivity contribution is -0.384. The van der Waals surface area contributed by atoms with Crippen LogP contribution in [0.5, 0.6) is 0 Å². The fourth-order valence-electron chi connectivity index (χ4n) is 2.96. The number of unbranched alkanes of at least 4 members (excludes halogenated alkanes) is 5. The molecule has 0 aromatic heterocycles. The Hall–Kier alpha value is -2.75. The Morgan fingerprint density at radius 2 is 1.87 bits per heavy atom. The van der Waals surface area contributed by atoms with Crippen LogP contribution in [0.4, 0.5) is 5.69 Å². The molecule has 10 heteroatoms. The van der Waals surface area contributed by atoms with Gasteiger partial charge in [0.05, 0.1) is 10.6 Å². The number of carbonyl (C=O) groups is 2. The van der Waals surface area contributed by atoms with Crippen LogP contribution in [-0.2, 0) is 9.59 Å². The summed E-state index contributed by atoms with van der Waals surface area (Å²) in [6, 6.07) is 5.98. The monoisotopic (exact) mass is 447 g/mol. The van der Waals surface area contributed by atoms with Gasteiger partial charge < -0.3 is 10.6 Å². The second kappa shape index (κ2) is 12.8. The van der Waals surface area contributed by atoms with Crippen LogP contribution in [-0.4, -0.2) is 39.4 Å². The van der Waals surface area contributed by atoms with Gasteiger partial charge in [0.25, 0.3) is 5.69 Å². The first-order chi connectivity index (χ1) is 14.9. The lowest BCUT2D eigenvalue weighted by Crippen LogP contribution is -2.31. The first kappa shape index (κ1) is 24.5. The van der Waals surface area contributed by atoms with E-state index in [2.05, 4.69) is 27.8 Å². The Morgan fingerprint density at radius 1 is 1.19 bits per heavy atom. The van der Waals surface area contributed by atoms with Crippen molar-refractivity contribution in [3.63, 3.8) is 0 Å². The summed E-state index contributed by atoms with van der Waals surface area (Å²) < 4.78 is 0. The van der Waals surface area contributed by atoms with Gasteiger partial charge in [-0.05, 0) is 31.0 Å². The average Bonchev–Trinajstić information content (AvgIpc) is 3.10. The number of nitrogens with one attached hydrogen (secondary N) is 2. The lowest BCUT2D eigenvalue weighted by atomic mass is 10.1. The predicted octanol–water partition coefficient (Wildman–Crippen LogP) is 3.77. The largest absolute Gasteiger partial charge is 0.356 e. The molecule has 0 aliphatic carbocycles. The number of hydrogen-bond donors (Lipinski definition) is 2. The maximum atomic E-state index is 12.1. The number of amidine groups is 1. The maximum Gasteiger partial charge on any atom is 0.269 e. The molecule has 31 heavy (non-hydrogen) atoms. The van der Waals surface area contributed by atoms with Crippen LogP contribution in [0.2, 0.25) is 0 Å². The molecule has 1 heterocycles. The predicted molar refractivity (Wildman–Crippen MR) is 123 cm³/mol. The van der Waals surface area contributed by atoms with E-state index in [1.807, 2.05) is 0 Å². The Balaban J connectivity index is 1.78. The summed E-state index contributed by atoms with van der Waals surface area (Å²) in [5.74, 6) is -0.408. The number of hydrogen-bond acceptors (Lipinski definition) is 7. The molecule has 9 nitrogen and oxygen atoms in total. The zero-order chi connectivity index (χ0) is 22.6. The van der Waals surface area contributed by atoms with E-state index in [0.29, 0.717) is 23.0 Å². The van der Waals surface area contributed by atoms with E-state index in [1.165, 1.54) is 49.6 Å². The summed E-state index contributed by atoms with van der Waals surface area (Å²) in [6.07, 6.45) is 7.02. The third-order valence-corrected chi connectivity index (χ3v) is 5.86. The lowest BCUT2D eigenvalue weighted by Gasteiger charge is -2.07. The standard InChI is InChI=1S/C21H29N5O4S/c1-3-4-5-6-7-8-13-22-19(27)14-18-20(28)23-21(31-18)25-24-15(2)16-9-11-17(12-10-16)26(29)30/h9-12,18H,3-8,13-14H2,1-2H3,(H,22,27)(H,23,25,28)/b24-15-/t18-/m0/s1. The third kappa shape index (κ3) is 8.49. The second-order valence-corrected chi connectivity index (χ2v) is 8.50. The maximum absolute atomic E-state index is 12.1. The van der Waals surface area contributed by atoms with E-state index in [0.717, 1.165) is 12.8 Å². The van der Waals surface area contributed by atoms with Crippen LogP contribution < -0.4 is 10.6 Å². The van der Waals surface area contributed by atoms with Crippen LogP contribution in [0.25, 0.3) is 0 Å². The smallest absolute Gasteiger partial charge is 0.269 e. The Labute approximate surface area is 186 Å². The number of nitro groups is 1. The van der Waals surface area contributed by atoms with Gasteiger partial charge in [0.1, 0.15) is 5.25 Å². The summed E-state index contributed by atoms with van der Waals surface area (Å²) in [7, 11) is 0. The molecule has 0 bridgehead atoms. The number of rotatable bonds is 12. The zero-order valence-electron chi connectivity index (χ0n) is 17.9. The summed E-state index contributed by atoms with van der Waals surface area (Å²) in [5.41, 5.74) is 1.24. The molecular weight excluding hydrogens is 418 g/mol. The van der Waals surface area contributed by atoms with E-state index in [1.54, 1.807) is 19.1 Å². The second-order valence-electron chi connectivity index (χ2n) is 7.31. The minimum Gasteiger partial charge on any atom is -0.356 e. The summed E-state index contributed by atoms with van der Waals surface area (Å²) in [5, 5.41) is 24.2. The minimum atomic E-state index is -0.529. The molecule has 2 N–H and O–H groups in total.